The summed E-state index contributed by atoms with van der Waals surface area (Å²) in [4.78, 5) is 35.2. The highest BCUT2D eigenvalue weighted by molar-refractivity contribution is 5.91. The Morgan fingerprint density at radius 1 is 1.06 bits per heavy atom. The second kappa shape index (κ2) is 9.43. The maximum Gasteiger partial charge on any atom is 0.328 e. The van der Waals surface area contributed by atoms with Crippen LogP contribution in [-0.2, 0) is 29.1 Å². The Kier molecular flexibility index (Phi) is 6.12. The largest absolute Gasteiger partial charge is 0.478 e. The summed E-state index contributed by atoms with van der Waals surface area (Å²) in [5, 5.41) is 12.0. The molecular formula is C29H34N4O3. The molecule has 188 valence electrons. The van der Waals surface area contributed by atoms with Gasteiger partial charge in [0.2, 0.25) is 5.91 Å². The van der Waals surface area contributed by atoms with E-state index in [1.165, 1.54) is 44.1 Å². The molecule has 0 radical (unpaired) electrons. The number of aromatic nitrogens is 2. The predicted octanol–water partition coefficient (Wildman–Crippen LogP) is 4.68. The monoisotopic (exact) mass is 486 g/mol. The van der Waals surface area contributed by atoms with Gasteiger partial charge < -0.3 is 10.4 Å². The molecule has 0 atom stereocenters. The second-order valence-electron chi connectivity index (χ2n) is 11.7. The van der Waals surface area contributed by atoms with Crippen LogP contribution >= 0.6 is 0 Å². The molecule has 4 aliphatic carbocycles. The van der Waals surface area contributed by atoms with Crippen molar-refractivity contribution in [3.8, 4) is 0 Å². The zero-order valence-corrected chi connectivity index (χ0v) is 20.7. The number of hydrogen-bond donors (Lipinski definition) is 2. The number of aliphatic carboxylic acids is 1. The van der Waals surface area contributed by atoms with E-state index in [9.17, 15) is 9.59 Å². The Bertz CT molecular complexity index is 1150. The SMILES string of the molecule is O=C(O)C=Cc1ccc(CN2CCc3c(ncnc3NC(=O)CC34CC5CC(CC(C5)C3)C4)C2)cc1. The van der Waals surface area contributed by atoms with E-state index in [4.69, 9.17) is 5.11 Å². The van der Waals surface area contributed by atoms with Crippen molar-refractivity contribution in [3.63, 3.8) is 0 Å². The first-order chi connectivity index (χ1) is 17.4. The number of carbonyl (C=O) groups is 2. The van der Waals surface area contributed by atoms with E-state index in [-0.39, 0.29) is 11.3 Å². The maximum atomic E-state index is 13.2. The molecule has 4 bridgehead atoms. The molecule has 0 spiro atoms. The molecule has 1 aliphatic heterocycles. The third kappa shape index (κ3) is 4.94. The van der Waals surface area contributed by atoms with Crippen molar-refractivity contribution in [1.82, 2.24) is 14.9 Å². The molecule has 2 N–H and O–H groups in total. The van der Waals surface area contributed by atoms with E-state index in [1.807, 2.05) is 24.3 Å². The number of benzene rings is 1. The van der Waals surface area contributed by atoms with Crippen LogP contribution in [0.15, 0.2) is 36.7 Å². The molecule has 36 heavy (non-hydrogen) atoms. The van der Waals surface area contributed by atoms with E-state index in [1.54, 1.807) is 12.4 Å². The molecule has 1 aromatic heterocycles. The van der Waals surface area contributed by atoms with Crippen molar-refractivity contribution in [2.75, 3.05) is 11.9 Å². The average molecular weight is 487 g/mol. The van der Waals surface area contributed by atoms with Gasteiger partial charge in [0, 0.05) is 37.7 Å². The van der Waals surface area contributed by atoms with Gasteiger partial charge in [0.1, 0.15) is 12.1 Å². The van der Waals surface area contributed by atoms with Crippen molar-refractivity contribution in [2.45, 2.75) is 64.5 Å². The highest BCUT2D eigenvalue weighted by Gasteiger charge is 2.51. The summed E-state index contributed by atoms with van der Waals surface area (Å²) in [5.41, 5.74) is 4.32. The molecule has 7 heteroatoms. The molecular weight excluding hydrogens is 452 g/mol. The first-order valence-electron chi connectivity index (χ1n) is 13.3. The van der Waals surface area contributed by atoms with Crippen molar-refractivity contribution < 1.29 is 14.7 Å². The van der Waals surface area contributed by atoms with Crippen LogP contribution in [-0.4, -0.2) is 38.4 Å². The van der Waals surface area contributed by atoms with Gasteiger partial charge in [-0.3, -0.25) is 9.69 Å². The molecule has 5 aliphatic rings. The summed E-state index contributed by atoms with van der Waals surface area (Å²) < 4.78 is 0. The van der Waals surface area contributed by atoms with Gasteiger partial charge in [0.25, 0.3) is 0 Å². The first kappa shape index (κ1) is 23.3. The minimum atomic E-state index is -0.948. The molecule has 1 amide bonds. The van der Waals surface area contributed by atoms with Gasteiger partial charge >= 0.3 is 5.97 Å². The van der Waals surface area contributed by atoms with Crippen LogP contribution in [0.25, 0.3) is 6.08 Å². The Morgan fingerprint density at radius 3 is 2.42 bits per heavy atom. The Labute approximate surface area is 212 Å². The number of carboxylic acids is 1. The molecule has 7 rings (SSSR count). The highest BCUT2D eigenvalue weighted by atomic mass is 16.4. The topological polar surface area (TPSA) is 95.4 Å². The van der Waals surface area contributed by atoms with Crippen LogP contribution in [0.5, 0.6) is 0 Å². The molecule has 4 saturated carbocycles. The van der Waals surface area contributed by atoms with Crippen molar-refractivity contribution >= 4 is 23.8 Å². The van der Waals surface area contributed by atoms with Crippen LogP contribution in [0, 0.1) is 23.2 Å². The number of anilines is 1. The number of carbonyl (C=O) groups excluding carboxylic acids is 1. The van der Waals surface area contributed by atoms with E-state index in [0.29, 0.717) is 12.2 Å². The summed E-state index contributed by atoms with van der Waals surface area (Å²) in [5.74, 6) is 2.41. The minimum Gasteiger partial charge on any atom is -0.478 e. The predicted molar refractivity (Wildman–Crippen MR) is 137 cm³/mol. The number of hydrogen-bond acceptors (Lipinski definition) is 5. The fraction of sp³-hybridized carbons (Fsp3) is 0.517. The zero-order valence-electron chi connectivity index (χ0n) is 20.7. The lowest BCUT2D eigenvalue weighted by atomic mass is 9.49. The fourth-order valence-corrected chi connectivity index (χ4v) is 7.83. The molecule has 2 heterocycles. The van der Waals surface area contributed by atoms with Crippen LogP contribution in [0.3, 0.4) is 0 Å². The lowest BCUT2D eigenvalue weighted by molar-refractivity contribution is -0.131. The number of rotatable bonds is 7. The second-order valence-corrected chi connectivity index (χ2v) is 11.7. The average Bonchev–Trinajstić information content (AvgIpc) is 2.82. The summed E-state index contributed by atoms with van der Waals surface area (Å²) in [7, 11) is 0. The van der Waals surface area contributed by atoms with Gasteiger partial charge in [0.15, 0.2) is 0 Å². The van der Waals surface area contributed by atoms with Gasteiger partial charge in [0.05, 0.1) is 5.69 Å². The van der Waals surface area contributed by atoms with Gasteiger partial charge in [-0.2, -0.15) is 0 Å². The van der Waals surface area contributed by atoms with Crippen LogP contribution in [0.2, 0.25) is 0 Å². The van der Waals surface area contributed by atoms with Crippen molar-refractivity contribution in [2.24, 2.45) is 23.2 Å². The molecule has 0 unspecified atom stereocenters. The summed E-state index contributed by atoms with van der Waals surface area (Å²) in [6.45, 7) is 2.38. The first-order valence-corrected chi connectivity index (χ1v) is 13.3. The Morgan fingerprint density at radius 2 is 1.75 bits per heavy atom. The van der Waals surface area contributed by atoms with E-state index < -0.39 is 5.97 Å². The molecule has 4 fully saturated rings. The number of carboxylic acid groups (broad SMARTS) is 1. The third-order valence-electron chi connectivity index (χ3n) is 8.85. The van der Waals surface area contributed by atoms with E-state index in [2.05, 4.69) is 20.2 Å². The highest BCUT2D eigenvalue weighted by Crippen LogP contribution is 2.61. The number of fused-ring (bicyclic) bond motifs is 1. The van der Waals surface area contributed by atoms with E-state index in [0.717, 1.165) is 66.7 Å². The van der Waals surface area contributed by atoms with Crippen molar-refractivity contribution in [3.05, 3.63) is 59.1 Å². The lowest BCUT2D eigenvalue weighted by Gasteiger charge is -2.56. The fourth-order valence-electron chi connectivity index (χ4n) is 7.83. The summed E-state index contributed by atoms with van der Waals surface area (Å²) in [6, 6.07) is 7.94. The molecule has 2 aromatic rings. The Hall–Kier alpha value is -3.06. The zero-order chi connectivity index (χ0) is 24.7. The van der Waals surface area contributed by atoms with Crippen molar-refractivity contribution in [1.29, 1.82) is 0 Å². The normalized spacial score (nSPS) is 28.8. The number of nitrogens with one attached hydrogen (secondary N) is 1. The van der Waals surface area contributed by atoms with Gasteiger partial charge in [-0.1, -0.05) is 24.3 Å². The molecule has 7 nitrogen and oxygen atoms in total. The number of amides is 1. The molecule has 1 aromatic carbocycles. The molecule has 0 saturated heterocycles. The van der Waals surface area contributed by atoms with Gasteiger partial charge in [-0.05, 0) is 85.3 Å². The Balaban J connectivity index is 1.08. The van der Waals surface area contributed by atoms with Gasteiger partial charge in [-0.15, -0.1) is 0 Å². The standard InChI is InChI=1S/C29H34N4O3/c34-26(15-29-12-21-9-22(13-29)11-23(10-21)14-29)32-28-24-7-8-33(17-25(24)30-18-31-28)16-20-3-1-19(2-4-20)5-6-27(35)36/h1-6,18,21-23H,7-17H2,(H,35,36)(H,30,31,32,34). The van der Waals surface area contributed by atoms with Crippen LogP contribution < -0.4 is 5.32 Å². The smallest absolute Gasteiger partial charge is 0.328 e. The van der Waals surface area contributed by atoms with Gasteiger partial charge in [-0.25, -0.2) is 14.8 Å². The maximum absolute atomic E-state index is 13.2. The summed E-state index contributed by atoms with van der Waals surface area (Å²) >= 11 is 0. The summed E-state index contributed by atoms with van der Waals surface area (Å²) in [6.07, 6.45) is 13.7. The lowest BCUT2D eigenvalue weighted by Crippen LogP contribution is -2.47. The van der Waals surface area contributed by atoms with Crippen LogP contribution in [0.1, 0.15) is 67.3 Å². The third-order valence-corrected chi connectivity index (χ3v) is 8.85. The minimum absolute atomic E-state index is 0.123. The number of nitrogens with zero attached hydrogens (tertiary/aromatic N) is 3. The quantitative estimate of drug-likeness (QED) is 0.552. The van der Waals surface area contributed by atoms with E-state index >= 15 is 0 Å². The van der Waals surface area contributed by atoms with Crippen LogP contribution in [0.4, 0.5) is 5.82 Å².